The smallest absolute Gasteiger partial charge is 0.267 e. The van der Waals surface area contributed by atoms with Gasteiger partial charge in [-0.25, -0.2) is 0 Å². The minimum absolute atomic E-state index is 0.0187. The molecule has 1 aromatic rings. The number of aliphatic hydroxyl groups excluding tert-OH is 1. The molecule has 0 radical (unpaired) electrons. The molecule has 90 valence electrons. The number of H-pyrrole nitrogens is 1. The first kappa shape index (κ1) is 12.0. The summed E-state index contributed by atoms with van der Waals surface area (Å²) in [5.41, 5.74) is -0.153. The Morgan fingerprint density at radius 1 is 1.71 bits per heavy atom. The van der Waals surface area contributed by atoms with Crippen LogP contribution in [0.3, 0.4) is 0 Å². The van der Waals surface area contributed by atoms with Crippen LogP contribution in [0.5, 0.6) is 0 Å². The zero-order valence-corrected chi connectivity index (χ0v) is 9.87. The quantitative estimate of drug-likeness (QED) is 0.596. The molecule has 0 amide bonds. The third-order valence-corrected chi connectivity index (χ3v) is 3.04. The molecule has 1 aromatic heterocycles. The van der Waals surface area contributed by atoms with Crippen LogP contribution in [-0.2, 0) is 4.74 Å². The van der Waals surface area contributed by atoms with E-state index >= 15 is 0 Å². The summed E-state index contributed by atoms with van der Waals surface area (Å²) in [6, 6.07) is 0. The van der Waals surface area contributed by atoms with Gasteiger partial charge in [-0.2, -0.15) is 0 Å². The van der Waals surface area contributed by atoms with Crippen LogP contribution >= 0.6 is 12.2 Å². The molecule has 0 aliphatic carbocycles. The number of nitrogens with zero attached hydrogens (tertiary/aromatic N) is 1. The van der Waals surface area contributed by atoms with Crippen LogP contribution in [0.25, 0.3) is 0 Å². The van der Waals surface area contributed by atoms with Crippen molar-refractivity contribution in [2.75, 3.05) is 6.61 Å². The molecule has 1 aliphatic heterocycles. The van der Waals surface area contributed by atoms with E-state index in [4.69, 9.17) is 28.5 Å². The molecular formula is C11H12N2O3S. The summed E-state index contributed by atoms with van der Waals surface area (Å²) >= 11 is 5.05. The summed E-state index contributed by atoms with van der Waals surface area (Å²) in [5.74, 6) is 2.30. The number of ether oxygens (including phenoxy) is 1. The monoisotopic (exact) mass is 252 g/mol. The number of rotatable bonds is 2. The fourth-order valence-corrected chi connectivity index (χ4v) is 2.09. The molecule has 1 saturated heterocycles. The Balaban J connectivity index is 2.37. The van der Waals surface area contributed by atoms with E-state index in [0.29, 0.717) is 0 Å². The Morgan fingerprint density at radius 3 is 3.06 bits per heavy atom. The average Bonchev–Trinajstić information content (AvgIpc) is 2.78. The number of aromatic nitrogens is 2. The van der Waals surface area contributed by atoms with Crippen molar-refractivity contribution < 1.29 is 9.84 Å². The second-order valence-corrected chi connectivity index (χ2v) is 4.21. The SMILES string of the molecule is C#Cc1cn(C2CCC(CO)O2)c(=S)[nH]c1=O. The molecule has 2 unspecified atom stereocenters. The first-order chi connectivity index (χ1) is 8.15. The molecular weight excluding hydrogens is 240 g/mol. The normalized spacial score (nSPS) is 23.5. The van der Waals surface area contributed by atoms with Crippen molar-refractivity contribution >= 4 is 12.2 Å². The maximum absolute atomic E-state index is 11.4. The molecule has 6 heteroatoms. The van der Waals surface area contributed by atoms with Gasteiger partial charge in [0.05, 0.1) is 12.7 Å². The number of aromatic amines is 1. The molecule has 2 N–H and O–H groups in total. The second kappa shape index (κ2) is 4.84. The van der Waals surface area contributed by atoms with Crippen molar-refractivity contribution in [2.24, 2.45) is 0 Å². The summed E-state index contributed by atoms with van der Waals surface area (Å²) in [6.07, 6.45) is 7.78. The first-order valence-corrected chi connectivity index (χ1v) is 5.65. The van der Waals surface area contributed by atoms with Crippen molar-refractivity contribution in [1.29, 1.82) is 0 Å². The van der Waals surface area contributed by atoms with E-state index in [0.717, 1.165) is 12.8 Å². The second-order valence-electron chi connectivity index (χ2n) is 3.83. The Bertz CT molecular complexity index is 569. The van der Waals surface area contributed by atoms with Crippen LogP contribution in [0.2, 0.25) is 0 Å². The summed E-state index contributed by atoms with van der Waals surface area (Å²) < 4.78 is 7.47. The van der Waals surface area contributed by atoms with Crippen molar-refractivity contribution in [3.05, 3.63) is 26.9 Å². The van der Waals surface area contributed by atoms with Gasteiger partial charge in [0.15, 0.2) is 4.77 Å². The highest BCUT2D eigenvalue weighted by Crippen LogP contribution is 2.27. The van der Waals surface area contributed by atoms with Crippen LogP contribution in [0.4, 0.5) is 0 Å². The zero-order chi connectivity index (χ0) is 12.4. The van der Waals surface area contributed by atoms with E-state index in [1.165, 1.54) is 6.20 Å². The molecule has 2 rings (SSSR count). The van der Waals surface area contributed by atoms with Crippen LogP contribution in [0.1, 0.15) is 24.6 Å². The van der Waals surface area contributed by atoms with E-state index in [1.807, 2.05) is 0 Å². The summed E-state index contributed by atoms with van der Waals surface area (Å²) in [5, 5.41) is 8.99. The minimum atomic E-state index is -0.370. The lowest BCUT2D eigenvalue weighted by molar-refractivity contribution is -0.0237. The highest BCUT2D eigenvalue weighted by atomic mass is 32.1. The molecule has 1 aliphatic rings. The Hall–Kier alpha value is -1.42. The Kier molecular flexibility index (Phi) is 3.43. The Morgan fingerprint density at radius 2 is 2.47 bits per heavy atom. The number of nitrogens with one attached hydrogen (secondary N) is 1. The van der Waals surface area contributed by atoms with Crippen molar-refractivity contribution in [3.63, 3.8) is 0 Å². The van der Waals surface area contributed by atoms with Gasteiger partial charge >= 0.3 is 0 Å². The third-order valence-electron chi connectivity index (χ3n) is 2.72. The zero-order valence-electron chi connectivity index (χ0n) is 9.05. The number of hydrogen-bond acceptors (Lipinski definition) is 4. The molecule has 0 saturated carbocycles. The molecule has 0 aromatic carbocycles. The van der Waals surface area contributed by atoms with Crippen LogP contribution in [0.15, 0.2) is 11.0 Å². The molecule has 0 spiro atoms. The van der Waals surface area contributed by atoms with Gasteiger partial charge in [-0.3, -0.25) is 14.3 Å². The first-order valence-electron chi connectivity index (χ1n) is 5.24. The molecule has 2 heterocycles. The molecule has 2 atom stereocenters. The van der Waals surface area contributed by atoms with Gasteiger partial charge in [0.25, 0.3) is 5.56 Å². The average molecular weight is 252 g/mol. The topological polar surface area (TPSA) is 67.2 Å². The van der Waals surface area contributed by atoms with E-state index in [1.54, 1.807) is 4.57 Å². The van der Waals surface area contributed by atoms with Gasteiger partial charge in [0, 0.05) is 6.20 Å². The minimum Gasteiger partial charge on any atom is -0.394 e. The lowest BCUT2D eigenvalue weighted by Gasteiger charge is -2.15. The number of hydrogen-bond donors (Lipinski definition) is 2. The van der Waals surface area contributed by atoms with Gasteiger partial charge in [-0.05, 0) is 25.1 Å². The summed E-state index contributed by atoms with van der Waals surface area (Å²) in [6.45, 7) is -0.0187. The van der Waals surface area contributed by atoms with Crippen LogP contribution < -0.4 is 5.56 Å². The number of aliphatic hydroxyl groups is 1. The Labute approximate surface area is 103 Å². The van der Waals surface area contributed by atoms with E-state index < -0.39 is 0 Å². The fourth-order valence-electron chi connectivity index (χ4n) is 1.83. The van der Waals surface area contributed by atoms with Crippen molar-refractivity contribution in [2.45, 2.75) is 25.2 Å². The highest BCUT2D eigenvalue weighted by Gasteiger charge is 2.26. The van der Waals surface area contributed by atoms with Crippen LogP contribution in [0, 0.1) is 17.1 Å². The molecule has 5 nitrogen and oxygen atoms in total. The van der Waals surface area contributed by atoms with Gasteiger partial charge in [-0.15, -0.1) is 6.42 Å². The lowest BCUT2D eigenvalue weighted by Crippen LogP contribution is -2.20. The lowest BCUT2D eigenvalue weighted by atomic mass is 10.2. The van der Waals surface area contributed by atoms with Crippen molar-refractivity contribution in [3.8, 4) is 12.3 Å². The maximum Gasteiger partial charge on any atom is 0.267 e. The maximum atomic E-state index is 11.4. The predicted molar refractivity (Wildman–Crippen MR) is 64.1 cm³/mol. The van der Waals surface area contributed by atoms with Crippen LogP contribution in [-0.4, -0.2) is 27.4 Å². The summed E-state index contributed by atoms with van der Waals surface area (Å²) in [4.78, 5) is 13.9. The highest BCUT2D eigenvalue weighted by molar-refractivity contribution is 7.71. The van der Waals surface area contributed by atoms with E-state index in [-0.39, 0.29) is 34.8 Å². The molecule has 17 heavy (non-hydrogen) atoms. The van der Waals surface area contributed by atoms with Gasteiger partial charge in [0.2, 0.25) is 0 Å². The van der Waals surface area contributed by atoms with Gasteiger partial charge in [0.1, 0.15) is 11.8 Å². The van der Waals surface area contributed by atoms with Gasteiger partial charge in [-0.1, -0.05) is 5.92 Å². The number of terminal acetylenes is 1. The predicted octanol–water partition coefficient (Wildman–Crippen LogP) is 0.557. The van der Waals surface area contributed by atoms with E-state index in [2.05, 4.69) is 10.9 Å². The largest absolute Gasteiger partial charge is 0.394 e. The van der Waals surface area contributed by atoms with E-state index in [9.17, 15) is 4.79 Å². The standard InChI is InChI=1S/C11H12N2O3S/c1-2-7-5-13(11(17)12-10(7)15)9-4-3-8(6-14)16-9/h1,5,8-9,14H,3-4,6H2,(H,12,15,17). The third kappa shape index (κ3) is 2.31. The molecule has 0 bridgehead atoms. The molecule has 1 fully saturated rings. The summed E-state index contributed by atoms with van der Waals surface area (Å²) in [7, 11) is 0. The van der Waals surface area contributed by atoms with Crippen molar-refractivity contribution in [1.82, 2.24) is 9.55 Å². The van der Waals surface area contributed by atoms with Gasteiger partial charge < -0.3 is 9.84 Å². The fraction of sp³-hybridized carbons (Fsp3) is 0.455.